The molecule has 1 rings (SSSR count). The summed E-state index contributed by atoms with van der Waals surface area (Å²) in [4.78, 5) is 10.6. The molecule has 0 aromatic heterocycles. The van der Waals surface area contributed by atoms with Crippen LogP contribution in [-0.2, 0) is 16.1 Å². The third-order valence-corrected chi connectivity index (χ3v) is 2.17. The molecule has 0 saturated carbocycles. The van der Waals surface area contributed by atoms with Crippen LogP contribution in [0.3, 0.4) is 0 Å². The molecular formula is C10H11ClO4. The van der Waals surface area contributed by atoms with E-state index in [2.05, 4.69) is 0 Å². The highest BCUT2D eigenvalue weighted by molar-refractivity contribution is 6.30. The summed E-state index contributed by atoms with van der Waals surface area (Å²) in [5, 5.41) is 18.5. The van der Waals surface area contributed by atoms with Gasteiger partial charge >= 0.3 is 5.97 Å². The summed E-state index contributed by atoms with van der Waals surface area (Å²) in [5.41, 5.74) is 0.869. The van der Waals surface area contributed by atoms with Crippen molar-refractivity contribution in [1.82, 2.24) is 0 Å². The number of aliphatic carboxylic acids is 1. The average molecular weight is 231 g/mol. The molecule has 0 amide bonds. The number of hydrogen-bond acceptors (Lipinski definition) is 3. The molecule has 1 aromatic rings. The van der Waals surface area contributed by atoms with E-state index >= 15 is 0 Å². The minimum Gasteiger partial charge on any atom is -0.479 e. The predicted molar refractivity (Wildman–Crippen MR) is 54.8 cm³/mol. The number of carboxylic acid groups (broad SMARTS) is 1. The van der Waals surface area contributed by atoms with Crippen molar-refractivity contribution in [1.29, 1.82) is 0 Å². The molecule has 2 N–H and O–H groups in total. The second-order valence-corrected chi connectivity index (χ2v) is 3.45. The van der Waals surface area contributed by atoms with Gasteiger partial charge in [-0.05, 0) is 23.3 Å². The number of hydrogen-bond donors (Lipinski definition) is 2. The van der Waals surface area contributed by atoms with Crippen LogP contribution in [0.4, 0.5) is 0 Å². The minimum absolute atomic E-state index is 0.209. The maximum atomic E-state index is 10.6. The fraction of sp³-hybridized carbons (Fsp3) is 0.300. The van der Waals surface area contributed by atoms with Gasteiger partial charge in [0, 0.05) is 12.1 Å². The largest absolute Gasteiger partial charge is 0.479 e. The summed E-state index contributed by atoms with van der Waals surface area (Å²) >= 11 is 5.75. The molecule has 0 aliphatic heterocycles. The van der Waals surface area contributed by atoms with Gasteiger partial charge < -0.3 is 14.9 Å². The standard InChI is InChI=1S/C10H11ClO4/c1-15-5-6-4-7(11)2-3-8(6)9(12)10(13)14/h2-4,9,12H,5H2,1H3,(H,13,14). The van der Waals surface area contributed by atoms with Crippen molar-refractivity contribution in [2.75, 3.05) is 7.11 Å². The van der Waals surface area contributed by atoms with E-state index in [0.717, 1.165) is 0 Å². The van der Waals surface area contributed by atoms with Crippen LogP contribution in [0.5, 0.6) is 0 Å². The molecule has 0 aliphatic rings. The number of aliphatic hydroxyl groups is 1. The van der Waals surface area contributed by atoms with Crippen LogP contribution >= 0.6 is 11.6 Å². The van der Waals surface area contributed by atoms with Gasteiger partial charge in [-0.1, -0.05) is 17.7 Å². The van der Waals surface area contributed by atoms with E-state index in [9.17, 15) is 9.90 Å². The van der Waals surface area contributed by atoms with Crippen LogP contribution in [0, 0.1) is 0 Å². The van der Waals surface area contributed by atoms with Crippen molar-refractivity contribution < 1.29 is 19.7 Å². The molecule has 0 radical (unpaired) electrons. The van der Waals surface area contributed by atoms with E-state index in [1.165, 1.54) is 19.2 Å². The lowest BCUT2D eigenvalue weighted by molar-refractivity contribution is -0.147. The summed E-state index contributed by atoms with van der Waals surface area (Å²) in [6, 6.07) is 4.59. The van der Waals surface area contributed by atoms with Crippen molar-refractivity contribution in [3.63, 3.8) is 0 Å². The van der Waals surface area contributed by atoms with E-state index in [1.807, 2.05) is 0 Å². The Kier molecular flexibility index (Phi) is 4.08. The fourth-order valence-corrected chi connectivity index (χ4v) is 1.45. The first-order valence-electron chi connectivity index (χ1n) is 4.24. The zero-order valence-corrected chi connectivity index (χ0v) is 8.86. The van der Waals surface area contributed by atoms with Crippen LogP contribution < -0.4 is 0 Å². The minimum atomic E-state index is -1.55. The number of carboxylic acids is 1. The van der Waals surface area contributed by atoms with Crippen molar-refractivity contribution in [2.45, 2.75) is 12.7 Å². The molecule has 4 nitrogen and oxygen atoms in total. The lowest BCUT2D eigenvalue weighted by Gasteiger charge is -2.11. The van der Waals surface area contributed by atoms with E-state index < -0.39 is 12.1 Å². The van der Waals surface area contributed by atoms with Gasteiger partial charge in [0.25, 0.3) is 0 Å². The molecule has 0 aliphatic carbocycles. The maximum absolute atomic E-state index is 10.6. The molecule has 0 fully saturated rings. The van der Waals surface area contributed by atoms with Gasteiger partial charge in [-0.2, -0.15) is 0 Å². The lowest BCUT2D eigenvalue weighted by atomic mass is 10.0. The quantitative estimate of drug-likeness (QED) is 0.825. The van der Waals surface area contributed by atoms with Crippen LogP contribution in [0.15, 0.2) is 18.2 Å². The summed E-state index contributed by atoms with van der Waals surface area (Å²) in [5.74, 6) is -1.30. The zero-order chi connectivity index (χ0) is 11.4. The molecule has 0 heterocycles. The summed E-state index contributed by atoms with van der Waals surface area (Å²) in [6.07, 6.45) is -1.55. The van der Waals surface area contributed by atoms with Crippen molar-refractivity contribution >= 4 is 17.6 Å². The van der Waals surface area contributed by atoms with Gasteiger partial charge in [0.1, 0.15) is 0 Å². The first-order valence-corrected chi connectivity index (χ1v) is 4.62. The highest BCUT2D eigenvalue weighted by Gasteiger charge is 2.19. The molecule has 1 aromatic carbocycles. The van der Waals surface area contributed by atoms with Crippen LogP contribution in [0.1, 0.15) is 17.2 Å². The van der Waals surface area contributed by atoms with E-state index in [1.54, 1.807) is 6.07 Å². The molecule has 5 heteroatoms. The Morgan fingerprint density at radius 3 is 2.80 bits per heavy atom. The summed E-state index contributed by atoms with van der Waals surface area (Å²) in [6.45, 7) is 0.209. The average Bonchev–Trinajstić information content (AvgIpc) is 2.17. The Bertz CT molecular complexity index is 364. The lowest BCUT2D eigenvalue weighted by Crippen LogP contribution is -2.13. The van der Waals surface area contributed by atoms with Crippen molar-refractivity contribution in [3.05, 3.63) is 34.3 Å². The molecule has 0 saturated heterocycles. The number of aliphatic hydroxyl groups excluding tert-OH is 1. The molecule has 1 unspecified atom stereocenters. The summed E-state index contributed by atoms with van der Waals surface area (Å²) < 4.78 is 4.89. The van der Waals surface area contributed by atoms with Gasteiger partial charge in [-0.15, -0.1) is 0 Å². The Morgan fingerprint density at radius 1 is 1.60 bits per heavy atom. The third kappa shape index (κ3) is 2.92. The molecule has 0 spiro atoms. The molecule has 0 bridgehead atoms. The van der Waals surface area contributed by atoms with E-state index in [0.29, 0.717) is 16.1 Å². The highest BCUT2D eigenvalue weighted by atomic mass is 35.5. The first kappa shape index (κ1) is 12.0. The van der Waals surface area contributed by atoms with E-state index in [-0.39, 0.29) is 6.61 Å². The molecule has 15 heavy (non-hydrogen) atoms. The van der Waals surface area contributed by atoms with Crippen LogP contribution in [-0.4, -0.2) is 23.3 Å². The Balaban J connectivity index is 3.10. The topological polar surface area (TPSA) is 66.8 Å². The van der Waals surface area contributed by atoms with Gasteiger partial charge in [0.2, 0.25) is 0 Å². The number of rotatable bonds is 4. The van der Waals surface area contributed by atoms with E-state index in [4.69, 9.17) is 21.4 Å². The van der Waals surface area contributed by atoms with Gasteiger partial charge in [0.05, 0.1) is 6.61 Å². The smallest absolute Gasteiger partial charge is 0.337 e. The monoisotopic (exact) mass is 230 g/mol. The number of benzene rings is 1. The van der Waals surface area contributed by atoms with Gasteiger partial charge in [0.15, 0.2) is 6.10 Å². The van der Waals surface area contributed by atoms with Gasteiger partial charge in [-0.3, -0.25) is 0 Å². The Hall–Kier alpha value is -1.10. The van der Waals surface area contributed by atoms with Gasteiger partial charge in [-0.25, -0.2) is 4.79 Å². The molecular weight excluding hydrogens is 220 g/mol. The second kappa shape index (κ2) is 5.11. The summed E-state index contributed by atoms with van der Waals surface area (Å²) in [7, 11) is 1.48. The Morgan fingerprint density at radius 2 is 2.27 bits per heavy atom. The fourth-order valence-electron chi connectivity index (χ4n) is 1.25. The normalized spacial score (nSPS) is 12.5. The molecule has 1 atom stereocenters. The van der Waals surface area contributed by atoms with Crippen molar-refractivity contribution in [3.8, 4) is 0 Å². The SMILES string of the molecule is COCc1cc(Cl)ccc1C(O)C(=O)O. The first-order chi connectivity index (χ1) is 7.06. The Labute approximate surface area is 92.1 Å². The zero-order valence-electron chi connectivity index (χ0n) is 8.11. The predicted octanol–water partition coefficient (Wildman–Crippen LogP) is 1.60. The maximum Gasteiger partial charge on any atom is 0.337 e. The number of methoxy groups -OCH3 is 1. The van der Waals surface area contributed by atoms with Crippen LogP contribution in [0.25, 0.3) is 0 Å². The number of ether oxygens (including phenoxy) is 1. The van der Waals surface area contributed by atoms with Crippen molar-refractivity contribution in [2.24, 2.45) is 0 Å². The number of halogens is 1. The third-order valence-electron chi connectivity index (χ3n) is 1.93. The van der Waals surface area contributed by atoms with Crippen LogP contribution in [0.2, 0.25) is 5.02 Å². The highest BCUT2D eigenvalue weighted by Crippen LogP contribution is 2.22. The second-order valence-electron chi connectivity index (χ2n) is 3.02. The number of carbonyl (C=O) groups is 1. The molecule has 82 valence electrons.